The lowest BCUT2D eigenvalue weighted by Crippen LogP contribution is -1.97. The third-order valence-corrected chi connectivity index (χ3v) is 4.22. The third-order valence-electron chi connectivity index (χ3n) is 4.22. The second-order valence-corrected chi connectivity index (χ2v) is 6.29. The Morgan fingerprint density at radius 2 is 1.46 bits per heavy atom. The number of ether oxygens (including phenoxy) is 1. The van der Waals surface area contributed by atoms with Gasteiger partial charge in [0.05, 0.1) is 6.61 Å². The molecule has 0 spiro atoms. The van der Waals surface area contributed by atoms with E-state index in [0.717, 1.165) is 24.3 Å². The Balaban J connectivity index is 1.47. The standard InChI is InChI=1S/C19H30N4O/c1-2-3-4-5-6-7-8-9-10-11-16-24-18-14-12-17(13-15-18)19-20-22-23-21-19/h12-15H,2-11,16H2,1H3,(H,20,21,22,23). The van der Waals surface area contributed by atoms with Gasteiger partial charge in [-0.15, -0.1) is 10.2 Å². The van der Waals surface area contributed by atoms with Gasteiger partial charge in [0.25, 0.3) is 0 Å². The Bertz CT molecular complexity index is 525. The summed E-state index contributed by atoms with van der Waals surface area (Å²) in [6.07, 6.45) is 13.4. The van der Waals surface area contributed by atoms with Crippen molar-refractivity contribution in [1.29, 1.82) is 0 Å². The number of rotatable bonds is 13. The number of benzene rings is 1. The highest BCUT2D eigenvalue weighted by molar-refractivity contribution is 5.54. The van der Waals surface area contributed by atoms with Crippen LogP contribution in [0.1, 0.15) is 71.1 Å². The van der Waals surface area contributed by atoms with E-state index in [9.17, 15) is 0 Å². The summed E-state index contributed by atoms with van der Waals surface area (Å²) in [6, 6.07) is 7.83. The Labute approximate surface area is 145 Å². The summed E-state index contributed by atoms with van der Waals surface area (Å²) in [5.74, 6) is 1.51. The molecule has 2 rings (SSSR count). The molecular weight excluding hydrogens is 300 g/mol. The molecule has 0 saturated heterocycles. The van der Waals surface area contributed by atoms with E-state index in [1.165, 1.54) is 57.8 Å². The highest BCUT2D eigenvalue weighted by Crippen LogP contribution is 2.18. The fourth-order valence-corrected chi connectivity index (χ4v) is 2.76. The van der Waals surface area contributed by atoms with E-state index in [4.69, 9.17) is 4.74 Å². The molecule has 0 aliphatic rings. The number of tetrazole rings is 1. The number of hydrogen-bond donors (Lipinski definition) is 1. The highest BCUT2D eigenvalue weighted by atomic mass is 16.5. The molecule has 132 valence electrons. The van der Waals surface area contributed by atoms with Crippen LogP contribution in [0.2, 0.25) is 0 Å². The lowest BCUT2D eigenvalue weighted by molar-refractivity contribution is 0.304. The summed E-state index contributed by atoms with van der Waals surface area (Å²) in [4.78, 5) is 0. The zero-order valence-electron chi connectivity index (χ0n) is 14.8. The number of hydrogen-bond acceptors (Lipinski definition) is 4. The first-order valence-electron chi connectivity index (χ1n) is 9.37. The van der Waals surface area contributed by atoms with E-state index >= 15 is 0 Å². The molecule has 0 bridgehead atoms. The van der Waals surface area contributed by atoms with E-state index in [-0.39, 0.29) is 0 Å². The molecule has 0 saturated carbocycles. The minimum absolute atomic E-state index is 0.608. The van der Waals surface area contributed by atoms with Gasteiger partial charge in [0.1, 0.15) is 5.75 Å². The number of H-pyrrole nitrogens is 1. The van der Waals surface area contributed by atoms with Gasteiger partial charge in [0, 0.05) is 5.56 Å². The first-order valence-corrected chi connectivity index (χ1v) is 9.37. The highest BCUT2D eigenvalue weighted by Gasteiger charge is 2.02. The van der Waals surface area contributed by atoms with Crippen LogP contribution in [0.3, 0.4) is 0 Å². The number of nitrogens with zero attached hydrogens (tertiary/aromatic N) is 3. The fraction of sp³-hybridized carbons (Fsp3) is 0.632. The van der Waals surface area contributed by atoms with Crippen LogP contribution < -0.4 is 4.74 Å². The quantitative estimate of drug-likeness (QED) is 0.515. The summed E-state index contributed by atoms with van der Waals surface area (Å²) in [5, 5.41) is 13.9. The van der Waals surface area contributed by atoms with Crippen LogP contribution in [0.15, 0.2) is 24.3 Å². The van der Waals surface area contributed by atoms with Crippen molar-refractivity contribution in [2.24, 2.45) is 0 Å². The number of aromatic amines is 1. The molecule has 2 aromatic rings. The van der Waals surface area contributed by atoms with Crippen molar-refractivity contribution in [2.75, 3.05) is 6.61 Å². The molecule has 1 aromatic carbocycles. The molecule has 24 heavy (non-hydrogen) atoms. The first kappa shape index (κ1) is 18.4. The van der Waals surface area contributed by atoms with Crippen molar-refractivity contribution in [3.63, 3.8) is 0 Å². The second-order valence-electron chi connectivity index (χ2n) is 6.29. The zero-order valence-corrected chi connectivity index (χ0v) is 14.8. The summed E-state index contributed by atoms with van der Waals surface area (Å²) in [5.41, 5.74) is 0.940. The van der Waals surface area contributed by atoms with E-state index < -0.39 is 0 Å². The van der Waals surface area contributed by atoms with Crippen LogP contribution in [-0.2, 0) is 0 Å². The first-order chi connectivity index (χ1) is 11.9. The van der Waals surface area contributed by atoms with Gasteiger partial charge in [-0.3, -0.25) is 0 Å². The number of nitrogens with one attached hydrogen (secondary N) is 1. The van der Waals surface area contributed by atoms with Crippen LogP contribution in [-0.4, -0.2) is 27.2 Å². The predicted molar refractivity (Wildman–Crippen MR) is 97.0 cm³/mol. The van der Waals surface area contributed by atoms with Crippen molar-refractivity contribution in [3.05, 3.63) is 24.3 Å². The van der Waals surface area contributed by atoms with Gasteiger partial charge >= 0.3 is 0 Å². The number of aromatic nitrogens is 4. The topological polar surface area (TPSA) is 63.7 Å². The molecule has 1 N–H and O–H groups in total. The second kappa shape index (κ2) is 11.6. The third kappa shape index (κ3) is 7.11. The van der Waals surface area contributed by atoms with Crippen LogP contribution in [0.4, 0.5) is 0 Å². The molecule has 0 atom stereocenters. The minimum Gasteiger partial charge on any atom is -0.494 e. The van der Waals surface area contributed by atoms with Gasteiger partial charge in [-0.05, 0) is 35.9 Å². The monoisotopic (exact) mass is 330 g/mol. The lowest BCUT2D eigenvalue weighted by Gasteiger charge is -2.06. The SMILES string of the molecule is CCCCCCCCCCCCOc1ccc(-c2nn[nH]n2)cc1. The van der Waals surface area contributed by atoms with Gasteiger partial charge < -0.3 is 4.74 Å². The van der Waals surface area contributed by atoms with Gasteiger partial charge in [-0.25, -0.2) is 0 Å². The molecule has 0 fully saturated rings. The van der Waals surface area contributed by atoms with Crippen molar-refractivity contribution in [1.82, 2.24) is 20.6 Å². The Kier molecular flexibility index (Phi) is 8.91. The summed E-state index contributed by atoms with van der Waals surface area (Å²) in [7, 11) is 0. The lowest BCUT2D eigenvalue weighted by atomic mass is 10.1. The Hall–Kier alpha value is -1.91. The van der Waals surface area contributed by atoms with Gasteiger partial charge in [0.15, 0.2) is 0 Å². The predicted octanol–water partition coefficient (Wildman–Crippen LogP) is 5.17. The molecule has 5 heteroatoms. The largest absolute Gasteiger partial charge is 0.494 e. The molecule has 0 aliphatic heterocycles. The Morgan fingerprint density at radius 3 is 2.04 bits per heavy atom. The molecule has 0 aliphatic carbocycles. The molecule has 0 amide bonds. The van der Waals surface area contributed by atoms with E-state index in [2.05, 4.69) is 27.5 Å². The van der Waals surface area contributed by atoms with Crippen LogP contribution in [0.25, 0.3) is 11.4 Å². The fourth-order valence-electron chi connectivity index (χ4n) is 2.76. The Morgan fingerprint density at radius 1 is 0.833 bits per heavy atom. The van der Waals surface area contributed by atoms with E-state index in [1.807, 2.05) is 24.3 Å². The van der Waals surface area contributed by atoms with Crippen LogP contribution in [0, 0.1) is 0 Å². The average molecular weight is 330 g/mol. The minimum atomic E-state index is 0.608. The maximum absolute atomic E-state index is 5.79. The summed E-state index contributed by atoms with van der Waals surface area (Å²) in [6.45, 7) is 3.06. The van der Waals surface area contributed by atoms with E-state index in [1.54, 1.807) is 0 Å². The maximum Gasteiger partial charge on any atom is 0.204 e. The van der Waals surface area contributed by atoms with Gasteiger partial charge in [-0.2, -0.15) is 5.21 Å². The van der Waals surface area contributed by atoms with Crippen molar-refractivity contribution in [2.45, 2.75) is 71.1 Å². The van der Waals surface area contributed by atoms with Crippen LogP contribution >= 0.6 is 0 Å². The maximum atomic E-state index is 5.79. The molecule has 0 radical (unpaired) electrons. The summed E-state index contributed by atoms with van der Waals surface area (Å²) < 4.78 is 5.79. The zero-order chi connectivity index (χ0) is 16.9. The molecule has 0 unspecified atom stereocenters. The number of unbranched alkanes of at least 4 members (excludes halogenated alkanes) is 9. The van der Waals surface area contributed by atoms with Crippen molar-refractivity contribution < 1.29 is 4.74 Å². The molecule has 1 heterocycles. The van der Waals surface area contributed by atoms with Gasteiger partial charge in [0.2, 0.25) is 5.82 Å². The van der Waals surface area contributed by atoms with Crippen LogP contribution in [0.5, 0.6) is 5.75 Å². The van der Waals surface area contributed by atoms with Crippen molar-refractivity contribution >= 4 is 0 Å². The molecule has 5 nitrogen and oxygen atoms in total. The molecule has 1 aromatic heterocycles. The average Bonchev–Trinajstić information content (AvgIpc) is 3.15. The summed E-state index contributed by atoms with van der Waals surface area (Å²) >= 11 is 0. The van der Waals surface area contributed by atoms with E-state index in [0.29, 0.717) is 5.82 Å². The molecular formula is C19H30N4O. The van der Waals surface area contributed by atoms with Crippen molar-refractivity contribution in [3.8, 4) is 17.1 Å². The smallest absolute Gasteiger partial charge is 0.204 e. The normalized spacial score (nSPS) is 10.9. The van der Waals surface area contributed by atoms with Gasteiger partial charge in [-0.1, -0.05) is 64.7 Å².